The van der Waals surface area contributed by atoms with E-state index in [1.165, 1.54) is 18.2 Å². The summed E-state index contributed by atoms with van der Waals surface area (Å²) < 4.78 is 12.8. The van der Waals surface area contributed by atoms with E-state index >= 15 is 0 Å². The van der Waals surface area contributed by atoms with Gasteiger partial charge in [-0.3, -0.25) is 0 Å². The Morgan fingerprint density at radius 1 is 1.24 bits per heavy atom. The minimum Gasteiger partial charge on any atom is -0.398 e. The SMILES string of the molecule is C=C\C(Cl)=C(C)/C=C(C)/C(N)=C/C(=N)c1ccc(F)cc1. The van der Waals surface area contributed by atoms with Crippen molar-refractivity contribution < 1.29 is 4.39 Å². The Labute approximate surface area is 129 Å². The maximum atomic E-state index is 12.8. The molecule has 21 heavy (non-hydrogen) atoms. The zero-order valence-electron chi connectivity index (χ0n) is 12.1. The highest BCUT2D eigenvalue weighted by Crippen LogP contribution is 2.15. The molecule has 0 aliphatic rings. The van der Waals surface area contributed by atoms with Crippen molar-refractivity contribution in [2.75, 3.05) is 0 Å². The van der Waals surface area contributed by atoms with Gasteiger partial charge >= 0.3 is 0 Å². The number of rotatable bonds is 5. The van der Waals surface area contributed by atoms with Crippen LogP contribution < -0.4 is 5.73 Å². The van der Waals surface area contributed by atoms with Crippen molar-refractivity contribution in [3.8, 4) is 0 Å². The fraction of sp³-hybridized carbons (Fsp3) is 0.118. The zero-order chi connectivity index (χ0) is 16.0. The smallest absolute Gasteiger partial charge is 0.123 e. The normalized spacial score (nSPS) is 13.7. The zero-order valence-corrected chi connectivity index (χ0v) is 12.8. The van der Waals surface area contributed by atoms with E-state index in [1.54, 1.807) is 18.2 Å². The van der Waals surface area contributed by atoms with Crippen LogP contribution in [0.4, 0.5) is 4.39 Å². The van der Waals surface area contributed by atoms with Crippen molar-refractivity contribution in [2.24, 2.45) is 5.73 Å². The van der Waals surface area contributed by atoms with E-state index < -0.39 is 0 Å². The quantitative estimate of drug-likeness (QED) is 0.602. The van der Waals surface area contributed by atoms with Crippen molar-refractivity contribution >= 4 is 17.3 Å². The second kappa shape index (κ2) is 7.60. The Bertz CT molecular complexity index is 637. The van der Waals surface area contributed by atoms with Gasteiger partial charge in [0.25, 0.3) is 0 Å². The summed E-state index contributed by atoms with van der Waals surface area (Å²) in [5.74, 6) is -0.334. The molecule has 0 atom stereocenters. The molecular formula is C17H18ClFN2. The van der Waals surface area contributed by atoms with Crippen LogP contribution in [0, 0.1) is 11.2 Å². The second-order valence-corrected chi connectivity index (χ2v) is 4.99. The highest BCUT2D eigenvalue weighted by atomic mass is 35.5. The van der Waals surface area contributed by atoms with Crippen LogP contribution in [0.25, 0.3) is 0 Å². The predicted octanol–water partition coefficient (Wildman–Crippen LogP) is 4.68. The molecule has 0 saturated carbocycles. The van der Waals surface area contributed by atoms with Gasteiger partial charge in [0.1, 0.15) is 5.82 Å². The molecule has 4 heteroatoms. The summed E-state index contributed by atoms with van der Waals surface area (Å²) >= 11 is 5.96. The number of hydrogen-bond donors (Lipinski definition) is 2. The second-order valence-electron chi connectivity index (χ2n) is 4.58. The maximum Gasteiger partial charge on any atom is 0.123 e. The van der Waals surface area contributed by atoms with Crippen molar-refractivity contribution in [3.05, 3.63) is 82.3 Å². The van der Waals surface area contributed by atoms with Gasteiger partial charge in [-0.15, -0.1) is 0 Å². The number of nitrogens with one attached hydrogen (secondary N) is 1. The molecule has 0 aromatic heterocycles. The fourth-order valence-corrected chi connectivity index (χ4v) is 1.67. The Hall–Kier alpha value is -2.13. The number of benzene rings is 1. The third kappa shape index (κ3) is 5.04. The van der Waals surface area contributed by atoms with Crippen LogP contribution in [-0.2, 0) is 0 Å². The molecule has 0 bridgehead atoms. The van der Waals surface area contributed by atoms with Crippen LogP contribution in [0.2, 0.25) is 0 Å². The van der Waals surface area contributed by atoms with Crippen LogP contribution in [0.3, 0.4) is 0 Å². The molecule has 0 amide bonds. The Balaban J connectivity index is 2.99. The molecule has 1 aromatic carbocycles. The summed E-state index contributed by atoms with van der Waals surface area (Å²) in [6.07, 6.45) is 4.92. The lowest BCUT2D eigenvalue weighted by Crippen LogP contribution is -2.04. The summed E-state index contributed by atoms with van der Waals surface area (Å²) in [7, 11) is 0. The summed E-state index contributed by atoms with van der Waals surface area (Å²) in [4.78, 5) is 0. The Morgan fingerprint density at radius 3 is 2.33 bits per heavy atom. The van der Waals surface area contributed by atoms with Crippen molar-refractivity contribution in [1.82, 2.24) is 0 Å². The Morgan fingerprint density at radius 2 is 1.81 bits per heavy atom. The van der Waals surface area contributed by atoms with E-state index in [2.05, 4.69) is 6.58 Å². The highest BCUT2D eigenvalue weighted by Gasteiger charge is 2.02. The molecular weight excluding hydrogens is 287 g/mol. The molecule has 0 heterocycles. The lowest BCUT2D eigenvalue weighted by atomic mass is 10.1. The van der Waals surface area contributed by atoms with Crippen LogP contribution in [0.5, 0.6) is 0 Å². The molecule has 0 radical (unpaired) electrons. The minimum atomic E-state index is -0.334. The molecule has 0 aliphatic heterocycles. The third-order valence-corrected chi connectivity index (χ3v) is 3.35. The molecule has 0 fully saturated rings. The van der Waals surface area contributed by atoms with Crippen molar-refractivity contribution in [3.63, 3.8) is 0 Å². The molecule has 1 aromatic rings. The molecule has 0 aliphatic carbocycles. The molecule has 0 saturated heterocycles. The number of allylic oxidation sites excluding steroid dienone is 6. The first-order chi connectivity index (χ1) is 9.85. The Kier molecular flexibility index (Phi) is 6.12. The molecule has 1 rings (SSSR count). The average molecular weight is 305 g/mol. The summed E-state index contributed by atoms with van der Waals surface area (Å²) in [6.45, 7) is 7.29. The fourth-order valence-electron chi connectivity index (χ4n) is 1.62. The number of hydrogen-bond acceptors (Lipinski definition) is 2. The lowest BCUT2D eigenvalue weighted by molar-refractivity contribution is 0.628. The summed E-state index contributed by atoms with van der Waals surface area (Å²) in [5.41, 5.74) is 8.87. The third-order valence-electron chi connectivity index (χ3n) is 2.90. The van der Waals surface area contributed by atoms with Crippen molar-refractivity contribution in [1.29, 1.82) is 5.41 Å². The first-order valence-electron chi connectivity index (χ1n) is 6.34. The van der Waals surface area contributed by atoms with Gasteiger partial charge in [0.05, 0.1) is 5.71 Å². The van der Waals surface area contributed by atoms with Gasteiger partial charge in [0.15, 0.2) is 0 Å². The summed E-state index contributed by atoms with van der Waals surface area (Å²) in [5, 5.41) is 8.52. The highest BCUT2D eigenvalue weighted by molar-refractivity contribution is 6.31. The molecule has 0 spiro atoms. The first kappa shape index (κ1) is 16.9. The van der Waals surface area contributed by atoms with E-state index in [-0.39, 0.29) is 11.5 Å². The van der Waals surface area contributed by atoms with E-state index in [9.17, 15) is 4.39 Å². The molecule has 2 nitrogen and oxygen atoms in total. The van der Waals surface area contributed by atoms with Gasteiger partial charge in [-0.1, -0.05) is 30.3 Å². The van der Waals surface area contributed by atoms with Gasteiger partial charge < -0.3 is 11.1 Å². The minimum absolute atomic E-state index is 0.219. The monoisotopic (exact) mass is 304 g/mol. The molecule has 110 valence electrons. The van der Waals surface area contributed by atoms with E-state index in [1.807, 2.05) is 19.9 Å². The lowest BCUT2D eigenvalue weighted by Gasteiger charge is -2.05. The molecule has 3 N–H and O–H groups in total. The van der Waals surface area contributed by atoms with Gasteiger partial charge in [0, 0.05) is 10.7 Å². The first-order valence-corrected chi connectivity index (χ1v) is 6.72. The topological polar surface area (TPSA) is 49.9 Å². The van der Waals surface area contributed by atoms with E-state index in [4.69, 9.17) is 22.7 Å². The summed E-state index contributed by atoms with van der Waals surface area (Å²) in [6, 6.07) is 5.71. The largest absolute Gasteiger partial charge is 0.398 e. The van der Waals surface area contributed by atoms with Crippen LogP contribution >= 0.6 is 11.6 Å². The van der Waals surface area contributed by atoms with Gasteiger partial charge in [0.2, 0.25) is 0 Å². The number of nitrogens with two attached hydrogens (primary N) is 1. The van der Waals surface area contributed by atoms with Gasteiger partial charge in [-0.2, -0.15) is 0 Å². The number of halogens is 2. The molecule has 0 unspecified atom stereocenters. The van der Waals surface area contributed by atoms with Crippen LogP contribution in [-0.4, -0.2) is 5.71 Å². The van der Waals surface area contributed by atoms with Crippen LogP contribution in [0.15, 0.2) is 70.9 Å². The van der Waals surface area contributed by atoms with E-state index in [0.717, 1.165) is 11.1 Å². The average Bonchev–Trinajstić information content (AvgIpc) is 2.46. The maximum absolute atomic E-state index is 12.8. The van der Waals surface area contributed by atoms with E-state index in [0.29, 0.717) is 16.3 Å². The van der Waals surface area contributed by atoms with Crippen molar-refractivity contribution in [2.45, 2.75) is 13.8 Å². The predicted molar refractivity (Wildman–Crippen MR) is 88.0 cm³/mol. The van der Waals surface area contributed by atoms with Gasteiger partial charge in [-0.05, 0) is 60.9 Å². The van der Waals surface area contributed by atoms with Crippen LogP contribution in [0.1, 0.15) is 19.4 Å². The van der Waals surface area contributed by atoms with Gasteiger partial charge in [-0.25, -0.2) is 4.39 Å². The standard InChI is InChI=1S/C17H18ClFN2/c1-4-15(18)11(2)9-12(3)16(20)10-17(21)13-5-7-14(19)8-6-13/h4-10,21H,1,20H2,2-3H3/b12-9+,15-11+,16-10-,21-17?.